The minimum absolute atomic E-state index is 0. The average Bonchev–Trinajstić information content (AvgIpc) is 3.29. The smallest absolute Gasteiger partial charge is 0.194 e. The fraction of sp³-hybridized carbons (Fsp3) is 0.650. The average molecular weight is 489 g/mol. The molecule has 2 heterocycles. The maximum absolute atomic E-state index is 6.01. The van der Waals surface area contributed by atoms with Crippen molar-refractivity contribution in [3.8, 4) is 5.75 Å². The van der Waals surface area contributed by atoms with E-state index in [-0.39, 0.29) is 30.1 Å². The van der Waals surface area contributed by atoms with Gasteiger partial charge in [0.2, 0.25) is 0 Å². The third kappa shape index (κ3) is 6.50. The van der Waals surface area contributed by atoms with Crippen LogP contribution in [0.1, 0.15) is 18.9 Å². The summed E-state index contributed by atoms with van der Waals surface area (Å²) >= 11 is 0. The maximum Gasteiger partial charge on any atom is 0.194 e. The molecule has 1 fully saturated rings. The molecule has 2 unspecified atom stereocenters. The molecule has 152 valence electrons. The van der Waals surface area contributed by atoms with Crippen molar-refractivity contribution in [3.63, 3.8) is 0 Å². The van der Waals surface area contributed by atoms with E-state index in [2.05, 4.69) is 29.3 Å². The number of hydrogen-bond acceptors (Lipinski definition) is 4. The molecule has 0 aliphatic carbocycles. The van der Waals surface area contributed by atoms with Crippen LogP contribution in [-0.2, 0) is 15.9 Å². The zero-order chi connectivity index (χ0) is 18.2. The summed E-state index contributed by atoms with van der Waals surface area (Å²) in [5.41, 5.74) is 1.28. The van der Waals surface area contributed by atoms with Gasteiger partial charge in [0, 0.05) is 39.1 Å². The molecule has 2 aliphatic heterocycles. The van der Waals surface area contributed by atoms with Crippen LogP contribution in [0.2, 0.25) is 0 Å². The molecule has 27 heavy (non-hydrogen) atoms. The highest BCUT2D eigenvalue weighted by atomic mass is 127. The summed E-state index contributed by atoms with van der Waals surface area (Å²) < 4.78 is 16.7. The first-order valence-electron chi connectivity index (χ1n) is 9.64. The third-order valence-corrected chi connectivity index (χ3v) is 4.86. The summed E-state index contributed by atoms with van der Waals surface area (Å²) in [5.74, 6) is 2.56. The van der Waals surface area contributed by atoms with Crippen molar-refractivity contribution < 1.29 is 14.2 Å². The van der Waals surface area contributed by atoms with Gasteiger partial charge in [-0.05, 0) is 25.0 Å². The molecule has 0 amide bonds. The quantitative estimate of drug-likeness (QED) is 0.263. The van der Waals surface area contributed by atoms with Gasteiger partial charge in [0.1, 0.15) is 11.9 Å². The summed E-state index contributed by atoms with van der Waals surface area (Å²) in [6.07, 6.45) is 2.22. The van der Waals surface area contributed by atoms with E-state index in [0.717, 1.165) is 50.8 Å². The molecular formula is C20H32IN3O3. The van der Waals surface area contributed by atoms with Crippen LogP contribution in [0.4, 0.5) is 0 Å². The van der Waals surface area contributed by atoms with Crippen LogP contribution < -0.4 is 10.1 Å². The van der Waals surface area contributed by atoms with Crippen molar-refractivity contribution >= 4 is 29.9 Å². The van der Waals surface area contributed by atoms with E-state index in [1.165, 1.54) is 5.56 Å². The highest BCUT2D eigenvalue weighted by Crippen LogP contribution is 2.28. The highest BCUT2D eigenvalue weighted by Gasteiger charge is 2.26. The normalized spacial score (nSPS) is 21.6. The Labute approximate surface area is 179 Å². The largest absolute Gasteiger partial charge is 0.488 e. The monoisotopic (exact) mass is 489 g/mol. The van der Waals surface area contributed by atoms with Crippen molar-refractivity contribution in [3.05, 3.63) is 29.8 Å². The molecule has 0 spiro atoms. The predicted octanol–water partition coefficient (Wildman–Crippen LogP) is 2.56. The van der Waals surface area contributed by atoms with E-state index in [4.69, 9.17) is 19.2 Å². The number of aliphatic imine (C=N–C) groups is 1. The number of nitrogens with one attached hydrogen (secondary N) is 1. The number of benzene rings is 1. The Hall–Kier alpha value is -1.06. The molecule has 0 bridgehead atoms. The van der Waals surface area contributed by atoms with Crippen LogP contribution >= 0.6 is 24.0 Å². The van der Waals surface area contributed by atoms with Crippen molar-refractivity contribution in [2.45, 2.75) is 25.9 Å². The second-order valence-electron chi connectivity index (χ2n) is 6.91. The Balaban J connectivity index is 0.00000261. The Bertz CT molecular complexity index is 575. The molecule has 7 heteroatoms. The van der Waals surface area contributed by atoms with Gasteiger partial charge in [0.25, 0.3) is 0 Å². The minimum Gasteiger partial charge on any atom is -0.488 e. The van der Waals surface area contributed by atoms with Crippen molar-refractivity contribution in [1.82, 2.24) is 10.2 Å². The minimum atomic E-state index is 0. The van der Waals surface area contributed by atoms with Gasteiger partial charge in [0.05, 0.1) is 26.4 Å². The van der Waals surface area contributed by atoms with Gasteiger partial charge in [-0.1, -0.05) is 18.2 Å². The number of fused-ring (bicyclic) bond motifs is 1. The second-order valence-corrected chi connectivity index (χ2v) is 6.91. The molecule has 6 nitrogen and oxygen atoms in total. The lowest BCUT2D eigenvalue weighted by molar-refractivity contribution is 0.0536. The number of ether oxygens (including phenoxy) is 3. The zero-order valence-electron chi connectivity index (χ0n) is 16.4. The number of nitrogens with zero attached hydrogens (tertiary/aromatic N) is 2. The Kier molecular flexibility index (Phi) is 9.64. The number of rotatable bonds is 8. The van der Waals surface area contributed by atoms with E-state index in [1.54, 1.807) is 7.11 Å². The lowest BCUT2D eigenvalue weighted by atomic mass is 10.1. The maximum atomic E-state index is 6.01. The van der Waals surface area contributed by atoms with Crippen molar-refractivity contribution in [1.29, 1.82) is 0 Å². The van der Waals surface area contributed by atoms with Gasteiger partial charge < -0.3 is 24.4 Å². The van der Waals surface area contributed by atoms with E-state index < -0.39 is 0 Å². The molecule has 2 aliphatic rings. The third-order valence-electron chi connectivity index (χ3n) is 4.86. The van der Waals surface area contributed by atoms with E-state index >= 15 is 0 Å². The molecule has 3 rings (SSSR count). The SMILES string of the molecule is CCNC(=NCC1Cc2ccccc2O1)N1CCC(COCCOC)C1.I. The number of para-hydroxylation sites is 1. The van der Waals surface area contributed by atoms with Gasteiger partial charge in [-0.3, -0.25) is 0 Å². The van der Waals surface area contributed by atoms with E-state index in [0.29, 0.717) is 25.7 Å². The van der Waals surface area contributed by atoms with Crippen LogP contribution in [0.3, 0.4) is 0 Å². The molecule has 0 saturated carbocycles. The van der Waals surface area contributed by atoms with Gasteiger partial charge in [-0.2, -0.15) is 0 Å². The van der Waals surface area contributed by atoms with Crippen molar-refractivity contribution in [2.24, 2.45) is 10.9 Å². The summed E-state index contributed by atoms with van der Waals surface area (Å²) in [4.78, 5) is 7.19. The van der Waals surface area contributed by atoms with Gasteiger partial charge >= 0.3 is 0 Å². The highest BCUT2D eigenvalue weighted by molar-refractivity contribution is 14.0. The van der Waals surface area contributed by atoms with Gasteiger partial charge in [0.15, 0.2) is 5.96 Å². The Morgan fingerprint density at radius 2 is 2.19 bits per heavy atom. The summed E-state index contributed by atoms with van der Waals surface area (Å²) in [5, 5.41) is 3.43. The second kappa shape index (κ2) is 11.7. The molecule has 1 aromatic rings. The number of hydrogen-bond donors (Lipinski definition) is 1. The Morgan fingerprint density at radius 1 is 1.33 bits per heavy atom. The number of methoxy groups -OCH3 is 1. The first-order chi connectivity index (χ1) is 12.8. The molecule has 1 N–H and O–H groups in total. The van der Waals surface area contributed by atoms with Crippen LogP contribution in [-0.4, -0.2) is 70.1 Å². The van der Waals surface area contributed by atoms with Crippen LogP contribution in [0.5, 0.6) is 5.75 Å². The Morgan fingerprint density at radius 3 is 2.96 bits per heavy atom. The fourth-order valence-electron chi connectivity index (χ4n) is 3.52. The zero-order valence-corrected chi connectivity index (χ0v) is 18.7. The summed E-state index contributed by atoms with van der Waals surface area (Å²) in [7, 11) is 1.70. The van der Waals surface area contributed by atoms with Gasteiger partial charge in [-0.25, -0.2) is 4.99 Å². The molecule has 1 saturated heterocycles. The predicted molar refractivity (Wildman–Crippen MR) is 118 cm³/mol. The molecular weight excluding hydrogens is 457 g/mol. The molecule has 0 aromatic heterocycles. The lowest BCUT2D eigenvalue weighted by Crippen LogP contribution is -2.41. The number of halogens is 1. The summed E-state index contributed by atoms with van der Waals surface area (Å²) in [6.45, 7) is 7.79. The lowest BCUT2D eigenvalue weighted by Gasteiger charge is -2.22. The molecule has 2 atom stereocenters. The van der Waals surface area contributed by atoms with Gasteiger partial charge in [-0.15, -0.1) is 24.0 Å². The van der Waals surface area contributed by atoms with E-state index in [9.17, 15) is 0 Å². The van der Waals surface area contributed by atoms with Crippen molar-refractivity contribution in [2.75, 3.05) is 53.1 Å². The fourth-order valence-corrected chi connectivity index (χ4v) is 3.52. The number of guanidine groups is 1. The first kappa shape index (κ1) is 22.2. The summed E-state index contributed by atoms with van der Waals surface area (Å²) in [6, 6.07) is 8.27. The molecule has 1 aromatic carbocycles. The van der Waals surface area contributed by atoms with Crippen LogP contribution in [0.25, 0.3) is 0 Å². The standard InChI is InChI=1S/C20H31N3O3.HI/c1-3-21-20(23-9-8-16(14-23)15-25-11-10-24-2)22-13-18-12-17-6-4-5-7-19(17)26-18;/h4-7,16,18H,3,8-15H2,1-2H3,(H,21,22);1H. The molecule has 0 radical (unpaired) electrons. The number of likely N-dealkylation sites (tertiary alicyclic amines) is 1. The van der Waals surface area contributed by atoms with Crippen LogP contribution in [0.15, 0.2) is 29.3 Å². The topological polar surface area (TPSA) is 55.3 Å². The first-order valence-corrected chi connectivity index (χ1v) is 9.64. The van der Waals surface area contributed by atoms with E-state index in [1.807, 2.05) is 12.1 Å². The van der Waals surface area contributed by atoms with Crippen LogP contribution in [0, 0.1) is 5.92 Å².